The van der Waals surface area contributed by atoms with Crippen molar-refractivity contribution in [3.8, 4) is 11.5 Å². The number of aliphatic imine (C=N–C) groups is 1. The summed E-state index contributed by atoms with van der Waals surface area (Å²) in [6.07, 6.45) is 5.91. The van der Waals surface area contributed by atoms with Crippen LogP contribution in [0.1, 0.15) is 38.2 Å². The van der Waals surface area contributed by atoms with Crippen LogP contribution >= 0.6 is 0 Å². The fraction of sp³-hybridized carbons (Fsp3) is 0.632. The normalized spacial score (nSPS) is 21.2. The van der Waals surface area contributed by atoms with E-state index in [-0.39, 0.29) is 0 Å². The van der Waals surface area contributed by atoms with E-state index in [4.69, 9.17) is 9.47 Å². The third-order valence-electron chi connectivity index (χ3n) is 4.75. The van der Waals surface area contributed by atoms with Crippen LogP contribution in [0.4, 0.5) is 0 Å². The van der Waals surface area contributed by atoms with Gasteiger partial charge in [-0.1, -0.05) is 6.92 Å². The van der Waals surface area contributed by atoms with E-state index in [1.807, 2.05) is 25.2 Å². The smallest absolute Gasteiger partial charge is 0.191 e. The van der Waals surface area contributed by atoms with Crippen LogP contribution in [0.5, 0.6) is 11.5 Å². The molecule has 0 amide bonds. The van der Waals surface area contributed by atoms with Crippen LogP contribution in [0, 0.1) is 5.92 Å². The van der Waals surface area contributed by atoms with Gasteiger partial charge in [0, 0.05) is 19.6 Å². The molecule has 2 N–H and O–H groups in total. The van der Waals surface area contributed by atoms with E-state index in [0.29, 0.717) is 6.04 Å². The number of ether oxygens (including phenoxy) is 2. The van der Waals surface area contributed by atoms with Crippen molar-refractivity contribution in [1.82, 2.24) is 10.6 Å². The van der Waals surface area contributed by atoms with Crippen LogP contribution in [0.3, 0.4) is 0 Å². The summed E-state index contributed by atoms with van der Waals surface area (Å²) in [7, 11) is 5.21. The molecular weight excluding hydrogens is 302 g/mol. The van der Waals surface area contributed by atoms with E-state index in [0.717, 1.165) is 41.9 Å². The van der Waals surface area contributed by atoms with Gasteiger partial charge in [0.25, 0.3) is 0 Å². The third kappa shape index (κ3) is 5.32. The SMILES string of the molecule is CN=C(NCCc1cc(OC)ccc1OC)NC1CCC(C)CC1. The van der Waals surface area contributed by atoms with E-state index in [1.54, 1.807) is 14.2 Å². The first-order valence-corrected chi connectivity index (χ1v) is 8.84. The number of benzene rings is 1. The highest BCUT2D eigenvalue weighted by Gasteiger charge is 2.18. The standard InChI is InChI=1S/C19H31N3O2/c1-14-5-7-16(8-6-14)22-19(20-2)21-12-11-15-13-17(23-3)9-10-18(15)24-4/h9-10,13-14,16H,5-8,11-12H2,1-4H3,(H2,20,21,22). The highest BCUT2D eigenvalue weighted by atomic mass is 16.5. The number of methoxy groups -OCH3 is 2. The van der Waals surface area contributed by atoms with Crippen molar-refractivity contribution in [3.05, 3.63) is 23.8 Å². The summed E-state index contributed by atoms with van der Waals surface area (Å²) in [5.41, 5.74) is 1.13. The summed E-state index contributed by atoms with van der Waals surface area (Å²) < 4.78 is 10.7. The van der Waals surface area contributed by atoms with Crippen molar-refractivity contribution in [2.75, 3.05) is 27.8 Å². The molecule has 0 spiro atoms. The minimum absolute atomic E-state index is 0.541. The van der Waals surface area contributed by atoms with Gasteiger partial charge in [-0.05, 0) is 61.8 Å². The Hall–Kier alpha value is -1.91. The monoisotopic (exact) mass is 333 g/mol. The van der Waals surface area contributed by atoms with Crippen LogP contribution in [0.15, 0.2) is 23.2 Å². The van der Waals surface area contributed by atoms with Crippen LogP contribution in [-0.2, 0) is 6.42 Å². The van der Waals surface area contributed by atoms with E-state index >= 15 is 0 Å². The lowest BCUT2D eigenvalue weighted by Crippen LogP contribution is -2.45. The van der Waals surface area contributed by atoms with Crippen LogP contribution in [0.2, 0.25) is 0 Å². The van der Waals surface area contributed by atoms with Crippen molar-refractivity contribution >= 4 is 5.96 Å². The average molecular weight is 333 g/mol. The number of nitrogens with zero attached hydrogens (tertiary/aromatic N) is 1. The van der Waals surface area contributed by atoms with Crippen molar-refractivity contribution in [3.63, 3.8) is 0 Å². The zero-order valence-electron chi connectivity index (χ0n) is 15.4. The Morgan fingerprint density at radius 2 is 1.92 bits per heavy atom. The first kappa shape index (κ1) is 18.4. The molecule has 1 aromatic carbocycles. The van der Waals surface area contributed by atoms with Gasteiger partial charge in [-0.15, -0.1) is 0 Å². The van der Waals surface area contributed by atoms with Crippen molar-refractivity contribution in [2.45, 2.75) is 45.1 Å². The fourth-order valence-electron chi connectivity index (χ4n) is 3.19. The van der Waals surface area contributed by atoms with Crippen molar-refractivity contribution < 1.29 is 9.47 Å². The molecule has 24 heavy (non-hydrogen) atoms. The molecule has 1 saturated carbocycles. The second-order valence-corrected chi connectivity index (χ2v) is 6.53. The van der Waals surface area contributed by atoms with Crippen LogP contribution < -0.4 is 20.1 Å². The average Bonchev–Trinajstić information content (AvgIpc) is 2.62. The van der Waals surface area contributed by atoms with Gasteiger partial charge in [-0.25, -0.2) is 0 Å². The maximum atomic E-state index is 5.43. The Balaban J connectivity index is 1.83. The second kappa shape index (κ2) is 9.40. The van der Waals surface area contributed by atoms with E-state index < -0.39 is 0 Å². The molecule has 0 bridgehead atoms. The predicted octanol–water partition coefficient (Wildman–Crippen LogP) is 2.99. The summed E-state index contributed by atoms with van der Waals surface area (Å²) >= 11 is 0. The minimum Gasteiger partial charge on any atom is -0.497 e. The Morgan fingerprint density at radius 3 is 2.54 bits per heavy atom. The minimum atomic E-state index is 0.541. The summed E-state index contributed by atoms with van der Waals surface area (Å²) in [5, 5.41) is 6.95. The Labute approximate surface area is 145 Å². The van der Waals surface area contributed by atoms with Gasteiger partial charge in [0.15, 0.2) is 5.96 Å². The second-order valence-electron chi connectivity index (χ2n) is 6.53. The van der Waals surface area contributed by atoms with Gasteiger partial charge in [0.1, 0.15) is 11.5 Å². The van der Waals surface area contributed by atoms with Gasteiger partial charge >= 0.3 is 0 Å². The lowest BCUT2D eigenvalue weighted by molar-refractivity contribution is 0.329. The number of guanidine groups is 1. The molecular formula is C19H31N3O2. The summed E-state index contributed by atoms with van der Waals surface area (Å²) in [5.74, 6) is 3.49. The first-order chi connectivity index (χ1) is 11.7. The molecule has 0 radical (unpaired) electrons. The molecule has 0 saturated heterocycles. The number of nitrogens with one attached hydrogen (secondary N) is 2. The van der Waals surface area contributed by atoms with Crippen molar-refractivity contribution in [2.24, 2.45) is 10.9 Å². The lowest BCUT2D eigenvalue weighted by Gasteiger charge is -2.28. The quantitative estimate of drug-likeness (QED) is 0.621. The van der Waals surface area contributed by atoms with Crippen molar-refractivity contribution in [1.29, 1.82) is 0 Å². The van der Waals surface area contributed by atoms with Crippen LogP contribution in [0.25, 0.3) is 0 Å². The highest BCUT2D eigenvalue weighted by molar-refractivity contribution is 5.79. The molecule has 1 aliphatic rings. The van der Waals surface area contributed by atoms with Gasteiger partial charge in [-0.3, -0.25) is 4.99 Å². The molecule has 2 rings (SSSR count). The van der Waals surface area contributed by atoms with Gasteiger partial charge in [0.05, 0.1) is 14.2 Å². The fourth-order valence-corrected chi connectivity index (χ4v) is 3.19. The van der Waals surface area contributed by atoms with E-state index in [9.17, 15) is 0 Å². The third-order valence-corrected chi connectivity index (χ3v) is 4.75. The number of rotatable bonds is 6. The van der Waals surface area contributed by atoms with E-state index in [2.05, 4.69) is 22.5 Å². The molecule has 0 unspecified atom stereocenters. The number of hydrogen-bond donors (Lipinski definition) is 2. The zero-order chi connectivity index (χ0) is 17.4. The first-order valence-electron chi connectivity index (χ1n) is 8.84. The Morgan fingerprint density at radius 1 is 1.17 bits per heavy atom. The highest BCUT2D eigenvalue weighted by Crippen LogP contribution is 2.24. The molecule has 1 fully saturated rings. The summed E-state index contributed by atoms with van der Waals surface area (Å²) in [6.45, 7) is 3.14. The molecule has 1 aromatic rings. The molecule has 0 atom stereocenters. The largest absolute Gasteiger partial charge is 0.497 e. The van der Waals surface area contributed by atoms with Gasteiger partial charge < -0.3 is 20.1 Å². The molecule has 0 heterocycles. The topological polar surface area (TPSA) is 54.9 Å². The molecule has 5 heteroatoms. The maximum absolute atomic E-state index is 5.43. The van der Waals surface area contributed by atoms with Crippen LogP contribution in [-0.4, -0.2) is 39.8 Å². The molecule has 1 aliphatic carbocycles. The Bertz CT molecular complexity index is 537. The lowest BCUT2D eigenvalue weighted by atomic mass is 9.87. The van der Waals surface area contributed by atoms with E-state index in [1.165, 1.54) is 25.7 Å². The molecule has 134 valence electrons. The van der Waals surface area contributed by atoms with Gasteiger partial charge in [-0.2, -0.15) is 0 Å². The predicted molar refractivity (Wildman–Crippen MR) is 99.2 cm³/mol. The summed E-state index contributed by atoms with van der Waals surface area (Å²) in [4.78, 5) is 4.35. The zero-order valence-corrected chi connectivity index (χ0v) is 15.4. The summed E-state index contributed by atoms with van der Waals surface area (Å²) in [6, 6.07) is 6.43. The molecule has 0 aliphatic heterocycles. The molecule has 5 nitrogen and oxygen atoms in total. The Kier molecular flexibility index (Phi) is 7.22. The maximum Gasteiger partial charge on any atom is 0.191 e. The molecule has 0 aromatic heterocycles. The van der Waals surface area contributed by atoms with Gasteiger partial charge in [0.2, 0.25) is 0 Å². The number of hydrogen-bond acceptors (Lipinski definition) is 3.